The first-order chi connectivity index (χ1) is 3.72. The first kappa shape index (κ1) is 7.35. The van der Waals surface area contributed by atoms with E-state index in [4.69, 9.17) is 10.4 Å². The van der Waals surface area contributed by atoms with Crippen LogP contribution in [0.3, 0.4) is 0 Å². The van der Waals surface area contributed by atoms with Crippen molar-refractivity contribution in [1.29, 1.82) is 0 Å². The average molecular weight is 122 g/mol. The molecule has 0 saturated heterocycles. The van der Waals surface area contributed by atoms with Crippen LogP contribution < -0.4 is 0 Å². The van der Waals surface area contributed by atoms with Crippen LogP contribution in [0.25, 0.3) is 0 Å². The van der Waals surface area contributed by atoms with Gasteiger partial charge in [-0.05, 0) is 0 Å². The van der Waals surface area contributed by atoms with Gasteiger partial charge >= 0.3 is 5.97 Å². The minimum absolute atomic E-state index is 1.11. The van der Waals surface area contributed by atoms with Gasteiger partial charge in [0.25, 0.3) is 6.29 Å². The lowest BCUT2D eigenvalue weighted by Crippen LogP contribution is -2.24. The predicted molar refractivity (Wildman–Crippen MR) is 22.1 cm³/mol. The van der Waals surface area contributed by atoms with Gasteiger partial charge in [-0.2, -0.15) is 4.89 Å². The summed E-state index contributed by atoms with van der Waals surface area (Å²) in [5, 5.41) is 15.7. The summed E-state index contributed by atoms with van der Waals surface area (Å²) in [6.07, 6.45) is -1.57. The lowest BCUT2D eigenvalue weighted by Gasteiger charge is -2.02. The number of methoxy groups -OCH3 is 1. The molecule has 0 saturated carbocycles. The van der Waals surface area contributed by atoms with Crippen LogP contribution in [0.2, 0.25) is 0 Å². The fourth-order valence-electron chi connectivity index (χ4n) is 0.189. The average Bonchev–Trinajstić information content (AvgIpc) is 1.69. The van der Waals surface area contributed by atoms with Gasteiger partial charge in [0.2, 0.25) is 0 Å². The van der Waals surface area contributed by atoms with Crippen LogP contribution >= 0.6 is 0 Å². The molecule has 0 aliphatic heterocycles. The Balaban J connectivity index is 3.52. The summed E-state index contributed by atoms with van der Waals surface area (Å²) < 4.78 is 4.09. The second-order valence-corrected chi connectivity index (χ2v) is 1.01. The van der Waals surface area contributed by atoms with E-state index in [-0.39, 0.29) is 0 Å². The van der Waals surface area contributed by atoms with E-state index in [1.165, 1.54) is 0 Å². The van der Waals surface area contributed by atoms with Crippen molar-refractivity contribution < 1.29 is 24.8 Å². The fraction of sp³-hybridized carbons (Fsp3) is 0.667. The van der Waals surface area contributed by atoms with E-state index >= 15 is 0 Å². The Hall–Kier alpha value is -0.650. The van der Waals surface area contributed by atoms with E-state index in [9.17, 15) is 4.79 Å². The van der Waals surface area contributed by atoms with Crippen molar-refractivity contribution in [3.8, 4) is 0 Å². The molecule has 0 rings (SSSR count). The van der Waals surface area contributed by atoms with E-state index in [0.29, 0.717) is 0 Å². The van der Waals surface area contributed by atoms with Gasteiger partial charge in [0.15, 0.2) is 0 Å². The molecule has 0 amide bonds. The highest BCUT2D eigenvalue weighted by molar-refractivity contribution is 5.70. The maximum Gasteiger partial charge on any atom is 0.364 e. The molecule has 0 aliphatic rings. The van der Waals surface area contributed by atoms with Crippen LogP contribution in [0.1, 0.15) is 0 Å². The lowest BCUT2D eigenvalue weighted by atomic mass is 10.7. The molecule has 8 heavy (non-hydrogen) atoms. The third kappa shape index (κ3) is 1.87. The predicted octanol–water partition coefficient (Wildman–Crippen LogP) is -0.467. The molecule has 0 aromatic rings. The lowest BCUT2D eigenvalue weighted by molar-refractivity contribution is -0.332. The van der Waals surface area contributed by atoms with Gasteiger partial charge in [-0.25, -0.2) is 10.1 Å². The van der Waals surface area contributed by atoms with Gasteiger partial charge in [0.05, 0.1) is 0 Å². The Morgan fingerprint density at radius 2 is 2.25 bits per heavy atom. The van der Waals surface area contributed by atoms with Crippen molar-refractivity contribution in [1.82, 2.24) is 0 Å². The summed E-state index contributed by atoms with van der Waals surface area (Å²) >= 11 is 0. The molecule has 2 N–H and O–H groups in total. The van der Waals surface area contributed by atoms with Crippen LogP contribution in [0, 0.1) is 0 Å². The number of aliphatic carboxylic acids is 1. The van der Waals surface area contributed by atoms with Crippen LogP contribution in [-0.4, -0.2) is 29.7 Å². The minimum Gasteiger partial charge on any atom is -0.477 e. The standard InChI is InChI=1S/C3H6O5/c1-7-3(8-6)2(4)5/h3,6H,1H3,(H,4,5). The third-order valence-electron chi connectivity index (χ3n) is 0.511. The van der Waals surface area contributed by atoms with Crippen molar-refractivity contribution in [2.24, 2.45) is 0 Å². The van der Waals surface area contributed by atoms with Gasteiger partial charge in [-0.3, -0.25) is 0 Å². The van der Waals surface area contributed by atoms with Crippen LogP contribution in [0.5, 0.6) is 0 Å². The molecular formula is C3H6O5. The Labute approximate surface area is 45.4 Å². The smallest absolute Gasteiger partial charge is 0.364 e. The van der Waals surface area contributed by atoms with Crippen LogP contribution in [-0.2, 0) is 14.4 Å². The Morgan fingerprint density at radius 1 is 1.75 bits per heavy atom. The molecule has 1 atom stereocenters. The molecule has 48 valence electrons. The van der Waals surface area contributed by atoms with Gasteiger partial charge in [0, 0.05) is 7.11 Å². The van der Waals surface area contributed by atoms with Gasteiger partial charge in [0.1, 0.15) is 0 Å². The normalized spacial score (nSPS) is 13.2. The highest BCUT2D eigenvalue weighted by Gasteiger charge is 2.15. The van der Waals surface area contributed by atoms with E-state index in [1.54, 1.807) is 0 Å². The van der Waals surface area contributed by atoms with Crippen molar-refractivity contribution in [3.63, 3.8) is 0 Å². The van der Waals surface area contributed by atoms with Crippen LogP contribution in [0.15, 0.2) is 0 Å². The molecule has 5 nitrogen and oxygen atoms in total. The summed E-state index contributed by atoms with van der Waals surface area (Å²) in [5.74, 6) is -1.37. The zero-order valence-electron chi connectivity index (χ0n) is 4.20. The molecule has 1 unspecified atom stereocenters. The maximum atomic E-state index is 9.75. The molecule has 0 radical (unpaired) electrons. The number of rotatable bonds is 3. The highest BCUT2D eigenvalue weighted by Crippen LogP contribution is 1.87. The van der Waals surface area contributed by atoms with E-state index in [0.717, 1.165) is 7.11 Å². The molecule has 0 aliphatic carbocycles. The summed E-state index contributed by atoms with van der Waals surface area (Å²) in [7, 11) is 1.11. The summed E-state index contributed by atoms with van der Waals surface area (Å²) in [6, 6.07) is 0. The molecule has 0 aromatic heterocycles. The van der Waals surface area contributed by atoms with Gasteiger partial charge < -0.3 is 9.84 Å². The molecule has 0 aromatic carbocycles. The first-order valence-electron chi connectivity index (χ1n) is 1.78. The maximum absolute atomic E-state index is 9.75. The van der Waals surface area contributed by atoms with E-state index < -0.39 is 12.3 Å². The monoisotopic (exact) mass is 122 g/mol. The second-order valence-electron chi connectivity index (χ2n) is 1.01. The number of hydrogen-bond donors (Lipinski definition) is 2. The highest BCUT2D eigenvalue weighted by atomic mass is 17.1. The van der Waals surface area contributed by atoms with Gasteiger partial charge in [-0.15, -0.1) is 0 Å². The SMILES string of the molecule is COC(OO)C(=O)O. The molecule has 5 heteroatoms. The van der Waals surface area contributed by atoms with Crippen molar-refractivity contribution in [3.05, 3.63) is 0 Å². The fourth-order valence-corrected chi connectivity index (χ4v) is 0.189. The topological polar surface area (TPSA) is 76.0 Å². The third-order valence-corrected chi connectivity index (χ3v) is 0.511. The van der Waals surface area contributed by atoms with E-state index in [1.807, 2.05) is 0 Å². The molecule has 0 spiro atoms. The summed E-state index contributed by atoms with van der Waals surface area (Å²) in [5.41, 5.74) is 0. The van der Waals surface area contributed by atoms with Crippen molar-refractivity contribution >= 4 is 5.97 Å². The largest absolute Gasteiger partial charge is 0.477 e. The number of carboxylic acid groups (broad SMARTS) is 1. The number of carbonyl (C=O) groups is 1. The molecule has 0 heterocycles. The molecule has 0 bridgehead atoms. The van der Waals surface area contributed by atoms with E-state index in [2.05, 4.69) is 9.62 Å². The van der Waals surface area contributed by atoms with Crippen molar-refractivity contribution in [2.75, 3.05) is 7.11 Å². The van der Waals surface area contributed by atoms with Gasteiger partial charge in [-0.1, -0.05) is 0 Å². The zero-order chi connectivity index (χ0) is 6.57. The Morgan fingerprint density at radius 3 is 2.25 bits per heavy atom. The Kier molecular flexibility index (Phi) is 3.09. The summed E-state index contributed by atoms with van der Waals surface area (Å²) in [4.78, 5) is 13.1. The second kappa shape index (κ2) is 3.36. The number of carboxylic acids is 1. The quantitative estimate of drug-likeness (QED) is 0.300. The number of hydrogen-bond acceptors (Lipinski definition) is 4. The van der Waals surface area contributed by atoms with Crippen LogP contribution in [0.4, 0.5) is 0 Å². The first-order valence-corrected chi connectivity index (χ1v) is 1.78. The molecular weight excluding hydrogens is 116 g/mol. The number of ether oxygens (including phenoxy) is 1. The Bertz CT molecular complexity index is 75.7. The van der Waals surface area contributed by atoms with Crippen molar-refractivity contribution in [2.45, 2.75) is 6.29 Å². The summed E-state index contributed by atoms with van der Waals surface area (Å²) in [6.45, 7) is 0. The molecule has 0 fully saturated rings. The minimum atomic E-state index is -1.57. The zero-order valence-corrected chi connectivity index (χ0v) is 4.20.